The third-order valence-corrected chi connectivity index (χ3v) is 3.97. The molecular weight excluding hydrogens is 280 g/mol. The zero-order valence-electron chi connectivity index (χ0n) is 10.8. The van der Waals surface area contributed by atoms with Gasteiger partial charge in [0.05, 0.1) is 17.4 Å². The molecule has 0 bridgehead atoms. The van der Waals surface area contributed by atoms with Crippen LogP contribution in [0.1, 0.15) is 23.7 Å². The summed E-state index contributed by atoms with van der Waals surface area (Å²) in [6.45, 7) is 1.89. The van der Waals surface area contributed by atoms with Gasteiger partial charge in [0.25, 0.3) is 5.91 Å². The molecule has 1 aromatic carbocycles. The van der Waals surface area contributed by atoms with E-state index in [-0.39, 0.29) is 30.0 Å². The van der Waals surface area contributed by atoms with Gasteiger partial charge in [-0.2, -0.15) is 0 Å². The molecular formula is C13H14N2O4S. The van der Waals surface area contributed by atoms with Gasteiger partial charge in [-0.3, -0.25) is 14.4 Å². The number of rotatable bonds is 4. The summed E-state index contributed by atoms with van der Waals surface area (Å²) in [6, 6.07) is 5.04. The van der Waals surface area contributed by atoms with Crippen molar-refractivity contribution in [3.05, 3.63) is 23.8 Å². The molecule has 1 aliphatic heterocycles. The number of hydrogen-bond donors (Lipinski definition) is 3. The van der Waals surface area contributed by atoms with Crippen LogP contribution < -0.4 is 10.6 Å². The molecule has 0 saturated carbocycles. The summed E-state index contributed by atoms with van der Waals surface area (Å²) in [5.74, 6) is -1.41. The van der Waals surface area contributed by atoms with E-state index in [4.69, 9.17) is 5.11 Å². The highest BCUT2D eigenvalue weighted by Gasteiger charge is 2.23. The Labute approximate surface area is 119 Å². The maximum atomic E-state index is 11.8. The van der Waals surface area contributed by atoms with Crippen molar-refractivity contribution in [1.29, 1.82) is 0 Å². The SMILES string of the molecule is CC1Sc2ccc(C(=O)NCCC(=O)O)cc2NC1=O. The summed E-state index contributed by atoms with van der Waals surface area (Å²) in [7, 11) is 0. The number of carbonyl (C=O) groups is 3. The van der Waals surface area contributed by atoms with Crippen molar-refractivity contribution in [3.63, 3.8) is 0 Å². The lowest BCUT2D eigenvalue weighted by Gasteiger charge is -2.21. The number of carboxylic acids is 1. The molecule has 0 radical (unpaired) electrons. The molecule has 1 aromatic rings. The summed E-state index contributed by atoms with van der Waals surface area (Å²) in [5.41, 5.74) is 1.01. The van der Waals surface area contributed by atoms with Crippen LogP contribution in [0.2, 0.25) is 0 Å². The minimum atomic E-state index is -0.964. The van der Waals surface area contributed by atoms with E-state index in [1.807, 2.05) is 6.92 Å². The minimum absolute atomic E-state index is 0.0728. The first-order chi connectivity index (χ1) is 9.47. The van der Waals surface area contributed by atoms with Crippen molar-refractivity contribution >= 4 is 35.2 Å². The molecule has 0 fully saturated rings. The molecule has 1 unspecified atom stereocenters. The molecule has 3 N–H and O–H groups in total. The van der Waals surface area contributed by atoms with E-state index in [0.717, 1.165) is 4.90 Å². The van der Waals surface area contributed by atoms with Gasteiger partial charge in [0.15, 0.2) is 0 Å². The third-order valence-electron chi connectivity index (χ3n) is 2.80. The molecule has 0 spiro atoms. The van der Waals surface area contributed by atoms with Gasteiger partial charge < -0.3 is 15.7 Å². The largest absolute Gasteiger partial charge is 0.481 e. The summed E-state index contributed by atoms with van der Waals surface area (Å²) < 4.78 is 0. The first kappa shape index (κ1) is 14.4. The normalized spacial score (nSPS) is 17.1. The van der Waals surface area contributed by atoms with Crippen LogP contribution >= 0.6 is 11.8 Å². The molecule has 106 valence electrons. The number of anilines is 1. The number of nitrogens with one attached hydrogen (secondary N) is 2. The van der Waals surface area contributed by atoms with E-state index in [9.17, 15) is 14.4 Å². The van der Waals surface area contributed by atoms with Crippen LogP contribution in [0, 0.1) is 0 Å². The van der Waals surface area contributed by atoms with Crippen molar-refractivity contribution in [2.75, 3.05) is 11.9 Å². The molecule has 2 amide bonds. The van der Waals surface area contributed by atoms with Gasteiger partial charge in [-0.05, 0) is 25.1 Å². The number of carbonyl (C=O) groups excluding carboxylic acids is 2. The quantitative estimate of drug-likeness (QED) is 0.778. The Bertz CT molecular complexity index is 573. The number of aliphatic carboxylic acids is 1. The van der Waals surface area contributed by atoms with Crippen LogP contribution in [0.5, 0.6) is 0 Å². The van der Waals surface area contributed by atoms with Crippen molar-refractivity contribution < 1.29 is 19.5 Å². The fraction of sp³-hybridized carbons (Fsp3) is 0.308. The summed E-state index contributed by atoms with van der Waals surface area (Å²) in [6.07, 6.45) is -0.124. The first-order valence-electron chi connectivity index (χ1n) is 6.09. The fourth-order valence-corrected chi connectivity index (χ4v) is 2.67. The molecule has 0 saturated heterocycles. The lowest BCUT2D eigenvalue weighted by atomic mass is 10.1. The molecule has 20 heavy (non-hydrogen) atoms. The van der Waals surface area contributed by atoms with Crippen LogP contribution in [0.15, 0.2) is 23.1 Å². The Balaban J connectivity index is 2.07. The number of hydrogen-bond acceptors (Lipinski definition) is 4. The second-order valence-electron chi connectivity index (χ2n) is 4.36. The monoisotopic (exact) mass is 294 g/mol. The van der Waals surface area contributed by atoms with Gasteiger partial charge in [-0.25, -0.2) is 0 Å². The molecule has 1 aliphatic rings. The average molecular weight is 294 g/mol. The molecule has 6 nitrogen and oxygen atoms in total. The van der Waals surface area contributed by atoms with E-state index < -0.39 is 5.97 Å². The standard InChI is InChI=1S/C13H14N2O4S/c1-7-12(18)15-9-6-8(2-3-10(9)20-7)13(19)14-5-4-11(16)17/h2-3,6-7H,4-5H2,1H3,(H,14,19)(H,15,18)(H,16,17). The topological polar surface area (TPSA) is 95.5 Å². The number of fused-ring (bicyclic) bond motifs is 1. The number of amides is 2. The fourth-order valence-electron chi connectivity index (χ4n) is 1.74. The number of benzene rings is 1. The van der Waals surface area contributed by atoms with Crippen LogP contribution in [0.25, 0.3) is 0 Å². The van der Waals surface area contributed by atoms with E-state index in [0.29, 0.717) is 11.3 Å². The molecule has 2 rings (SSSR count). The number of carboxylic acid groups (broad SMARTS) is 1. The predicted octanol–water partition coefficient (Wildman–Crippen LogP) is 1.32. The van der Waals surface area contributed by atoms with Crippen LogP contribution in [0.4, 0.5) is 5.69 Å². The van der Waals surface area contributed by atoms with E-state index >= 15 is 0 Å². The van der Waals surface area contributed by atoms with Crippen LogP contribution in [-0.4, -0.2) is 34.7 Å². The molecule has 7 heteroatoms. The highest BCUT2D eigenvalue weighted by atomic mass is 32.2. The maximum absolute atomic E-state index is 11.8. The molecule has 0 aliphatic carbocycles. The van der Waals surface area contributed by atoms with E-state index in [1.54, 1.807) is 18.2 Å². The molecule has 1 heterocycles. The minimum Gasteiger partial charge on any atom is -0.481 e. The Morgan fingerprint density at radius 1 is 1.45 bits per heavy atom. The van der Waals surface area contributed by atoms with Gasteiger partial charge in [-0.1, -0.05) is 0 Å². The first-order valence-corrected chi connectivity index (χ1v) is 6.97. The maximum Gasteiger partial charge on any atom is 0.305 e. The third kappa shape index (κ3) is 3.30. The lowest BCUT2D eigenvalue weighted by molar-refractivity contribution is -0.136. The molecule has 0 aromatic heterocycles. The summed E-state index contributed by atoms with van der Waals surface area (Å²) in [5, 5.41) is 13.6. The second kappa shape index (κ2) is 5.96. The summed E-state index contributed by atoms with van der Waals surface area (Å²) in [4.78, 5) is 34.7. The van der Waals surface area contributed by atoms with E-state index in [1.165, 1.54) is 11.8 Å². The zero-order chi connectivity index (χ0) is 14.7. The highest BCUT2D eigenvalue weighted by Crippen LogP contribution is 2.35. The van der Waals surface area contributed by atoms with Gasteiger partial charge >= 0.3 is 5.97 Å². The second-order valence-corrected chi connectivity index (χ2v) is 5.74. The Kier molecular flexibility index (Phi) is 4.29. The van der Waals surface area contributed by atoms with Crippen molar-refractivity contribution in [3.8, 4) is 0 Å². The predicted molar refractivity (Wildman–Crippen MR) is 75.0 cm³/mol. The summed E-state index contributed by atoms with van der Waals surface area (Å²) >= 11 is 1.44. The van der Waals surface area contributed by atoms with Crippen molar-refractivity contribution in [1.82, 2.24) is 5.32 Å². The van der Waals surface area contributed by atoms with Gasteiger partial charge in [0, 0.05) is 17.0 Å². The van der Waals surface area contributed by atoms with Crippen molar-refractivity contribution in [2.24, 2.45) is 0 Å². The van der Waals surface area contributed by atoms with Gasteiger partial charge in [-0.15, -0.1) is 11.8 Å². The van der Waals surface area contributed by atoms with Crippen molar-refractivity contribution in [2.45, 2.75) is 23.5 Å². The zero-order valence-corrected chi connectivity index (χ0v) is 11.6. The smallest absolute Gasteiger partial charge is 0.305 e. The Morgan fingerprint density at radius 3 is 2.90 bits per heavy atom. The van der Waals surface area contributed by atoms with Gasteiger partial charge in [0.1, 0.15) is 0 Å². The molecule has 1 atom stereocenters. The number of thioether (sulfide) groups is 1. The van der Waals surface area contributed by atoms with Gasteiger partial charge in [0.2, 0.25) is 5.91 Å². The highest BCUT2D eigenvalue weighted by molar-refractivity contribution is 8.00. The van der Waals surface area contributed by atoms with E-state index in [2.05, 4.69) is 10.6 Å². The lowest BCUT2D eigenvalue weighted by Crippen LogP contribution is -2.28. The average Bonchev–Trinajstić information content (AvgIpc) is 2.39. The Morgan fingerprint density at radius 2 is 2.20 bits per heavy atom. The van der Waals surface area contributed by atoms with Crippen LogP contribution in [0.3, 0.4) is 0 Å². The Hall–Kier alpha value is -2.02. The van der Waals surface area contributed by atoms with Crippen LogP contribution in [-0.2, 0) is 9.59 Å².